The van der Waals surface area contributed by atoms with Gasteiger partial charge in [-0.25, -0.2) is 0 Å². The highest BCUT2D eigenvalue weighted by atomic mass is 16.5. The van der Waals surface area contributed by atoms with E-state index >= 15 is 0 Å². The topological polar surface area (TPSA) is 51.0 Å². The van der Waals surface area contributed by atoms with Gasteiger partial charge in [0.25, 0.3) is 0 Å². The molecular weight excluding hydrogens is 262 g/mol. The Bertz CT molecular complexity index is 602. The standard InChI is InChI=1S/C17H21N3O/c1-2-6-17-15(5-1)16(20-21-17)11-19-14-8-13(9-14)12-4-3-7-18-10-12/h3-4,7,10,13-14,19H,1-2,5-6,8-9,11H2. The minimum absolute atomic E-state index is 0.603. The SMILES string of the molecule is c1cncc(C2CC(NCc3noc4c3CCCC4)C2)c1. The average Bonchev–Trinajstić information content (AvgIpc) is 2.90. The largest absolute Gasteiger partial charge is 0.361 e. The van der Waals surface area contributed by atoms with Gasteiger partial charge in [0.05, 0.1) is 0 Å². The molecular formula is C17H21N3O. The highest BCUT2D eigenvalue weighted by Gasteiger charge is 2.30. The Labute approximate surface area is 124 Å². The molecule has 2 aliphatic carbocycles. The van der Waals surface area contributed by atoms with Crippen LogP contribution in [-0.4, -0.2) is 16.2 Å². The van der Waals surface area contributed by atoms with Crippen LogP contribution in [0, 0.1) is 0 Å². The Morgan fingerprint density at radius 2 is 2.14 bits per heavy atom. The Morgan fingerprint density at radius 1 is 1.24 bits per heavy atom. The predicted octanol–water partition coefficient (Wildman–Crippen LogP) is 2.98. The summed E-state index contributed by atoms with van der Waals surface area (Å²) in [5, 5.41) is 7.89. The van der Waals surface area contributed by atoms with Crippen LogP contribution in [0.1, 0.15) is 54.2 Å². The molecule has 0 amide bonds. The van der Waals surface area contributed by atoms with E-state index in [9.17, 15) is 0 Å². The summed E-state index contributed by atoms with van der Waals surface area (Å²) >= 11 is 0. The highest BCUT2D eigenvalue weighted by molar-refractivity contribution is 5.25. The van der Waals surface area contributed by atoms with Crippen molar-refractivity contribution in [3.05, 3.63) is 47.1 Å². The fraction of sp³-hybridized carbons (Fsp3) is 0.529. The third-order valence-electron chi connectivity index (χ3n) is 4.88. The lowest BCUT2D eigenvalue weighted by molar-refractivity contribution is 0.285. The number of pyridine rings is 1. The number of rotatable bonds is 4. The molecule has 4 nitrogen and oxygen atoms in total. The number of hydrogen-bond acceptors (Lipinski definition) is 4. The Kier molecular flexibility index (Phi) is 3.47. The van der Waals surface area contributed by atoms with Crippen LogP contribution in [-0.2, 0) is 19.4 Å². The van der Waals surface area contributed by atoms with Crippen LogP contribution in [0.5, 0.6) is 0 Å². The van der Waals surface area contributed by atoms with Crippen LogP contribution in [0.4, 0.5) is 0 Å². The first-order chi connectivity index (χ1) is 10.4. The van der Waals surface area contributed by atoms with Crippen LogP contribution in [0.3, 0.4) is 0 Å². The normalized spacial score (nSPS) is 24.4. The summed E-state index contributed by atoms with van der Waals surface area (Å²) in [4.78, 5) is 4.20. The second-order valence-corrected chi connectivity index (χ2v) is 6.27. The van der Waals surface area contributed by atoms with Crippen LogP contribution in [0.25, 0.3) is 0 Å². The number of nitrogens with one attached hydrogen (secondary N) is 1. The van der Waals surface area contributed by atoms with Crippen LogP contribution in [0.15, 0.2) is 29.0 Å². The monoisotopic (exact) mass is 283 g/mol. The average molecular weight is 283 g/mol. The molecule has 2 heterocycles. The van der Waals surface area contributed by atoms with Crippen LogP contribution in [0.2, 0.25) is 0 Å². The molecule has 1 N–H and O–H groups in total. The van der Waals surface area contributed by atoms with Gasteiger partial charge in [-0.15, -0.1) is 0 Å². The molecule has 2 aromatic heterocycles. The summed E-state index contributed by atoms with van der Waals surface area (Å²) in [6, 6.07) is 4.81. The van der Waals surface area contributed by atoms with Crippen molar-refractivity contribution in [1.82, 2.24) is 15.5 Å². The van der Waals surface area contributed by atoms with Crippen molar-refractivity contribution < 1.29 is 4.52 Å². The van der Waals surface area contributed by atoms with E-state index in [2.05, 4.69) is 21.5 Å². The van der Waals surface area contributed by atoms with Gasteiger partial charge in [-0.05, 0) is 49.7 Å². The van der Waals surface area contributed by atoms with Crippen LogP contribution >= 0.6 is 0 Å². The molecule has 1 saturated carbocycles. The maximum Gasteiger partial charge on any atom is 0.140 e. The van der Waals surface area contributed by atoms with E-state index in [1.807, 2.05) is 18.5 Å². The Balaban J connectivity index is 1.30. The summed E-state index contributed by atoms with van der Waals surface area (Å²) < 4.78 is 5.46. The Morgan fingerprint density at radius 3 is 3.00 bits per heavy atom. The summed E-state index contributed by atoms with van der Waals surface area (Å²) in [7, 11) is 0. The van der Waals surface area contributed by atoms with Crippen molar-refractivity contribution >= 4 is 0 Å². The van der Waals surface area contributed by atoms with E-state index in [1.165, 1.54) is 36.8 Å². The summed E-state index contributed by atoms with van der Waals surface area (Å²) in [5.41, 5.74) is 3.88. The van der Waals surface area contributed by atoms with Crippen molar-refractivity contribution in [2.45, 2.75) is 57.0 Å². The van der Waals surface area contributed by atoms with Crippen molar-refractivity contribution in [3.63, 3.8) is 0 Å². The molecule has 0 unspecified atom stereocenters. The molecule has 0 spiro atoms. The van der Waals surface area contributed by atoms with Crippen molar-refractivity contribution in [3.8, 4) is 0 Å². The third kappa shape index (κ3) is 2.60. The lowest BCUT2D eigenvalue weighted by Crippen LogP contribution is -2.39. The predicted molar refractivity (Wildman–Crippen MR) is 80.0 cm³/mol. The molecule has 4 heteroatoms. The number of nitrogens with zero attached hydrogens (tertiary/aromatic N) is 2. The second-order valence-electron chi connectivity index (χ2n) is 6.27. The number of hydrogen-bond donors (Lipinski definition) is 1. The van der Waals surface area contributed by atoms with Gasteiger partial charge in [0.15, 0.2) is 0 Å². The van der Waals surface area contributed by atoms with Gasteiger partial charge in [0.2, 0.25) is 0 Å². The molecule has 0 aliphatic heterocycles. The van der Waals surface area contributed by atoms with Crippen molar-refractivity contribution in [2.24, 2.45) is 0 Å². The lowest BCUT2D eigenvalue weighted by atomic mass is 9.76. The van der Waals surface area contributed by atoms with Gasteiger partial charge < -0.3 is 9.84 Å². The molecule has 4 rings (SSSR count). The van der Waals surface area contributed by atoms with Gasteiger partial charge in [0.1, 0.15) is 11.5 Å². The molecule has 21 heavy (non-hydrogen) atoms. The van der Waals surface area contributed by atoms with Gasteiger partial charge >= 0.3 is 0 Å². The first kappa shape index (κ1) is 13.0. The summed E-state index contributed by atoms with van der Waals surface area (Å²) in [5.74, 6) is 1.79. The Hall–Kier alpha value is -1.68. The van der Waals surface area contributed by atoms with Crippen LogP contribution < -0.4 is 5.32 Å². The zero-order valence-electron chi connectivity index (χ0n) is 12.2. The molecule has 0 atom stereocenters. The number of aromatic nitrogens is 2. The fourth-order valence-electron chi connectivity index (χ4n) is 3.50. The molecule has 0 saturated heterocycles. The zero-order chi connectivity index (χ0) is 14.1. The smallest absolute Gasteiger partial charge is 0.140 e. The minimum atomic E-state index is 0.603. The molecule has 2 aliphatic rings. The molecule has 0 aromatic carbocycles. The van der Waals surface area contributed by atoms with E-state index in [1.54, 1.807) is 0 Å². The summed E-state index contributed by atoms with van der Waals surface area (Å²) in [6.45, 7) is 0.850. The highest BCUT2D eigenvalue weighted by Crippen LogP contribution is 2.36. The number of aryl methyl sites for hydroxylation is 1. The molecule has 0 bridgehead atoms. The van der Waals surface area contributed by atoms with Crippen molar-refractivity contribution in [2.75, 3.05) is 0 Å². The van der Waals surface area contributed by atoms with Gasteiger partial charge in [-0.1, -0.05) is 11.2 Å². The van der Waals surface area contributed by atoms with Crippen molar-refractivity contribution in [1.29, 1.82) is 0 Å². The van der Waals surface area contributed by atoms with E-state index < -0.39 is 0 Å². The third-order valence-corrected chi connectivity index (χ3v) is 4.88. The van der Waals surface area contributed by atoms with E-state index in [0.29, 0.717) is 12.0 Å². The van der Waals surface area contributed by atoms with E-state index in [4.69, 9.17) is 4.52 Å². The van der Waals surface area contributed by atoms with Gasteiger partial charge in [-0.3, -0.25) is 4.98 Å². The maximum absolute atomic E-state index is 5.46. The molecule has 1 fully saturated rings. The quantitative estimate of drug-likeness (QED) is 0.937. The summed E-state index contributed by atoms with van der Waals surface area (Å²) in [6.07, 6.45) is 10.9. The fourth-order valence-corrected chi connectivity index (χ4v) is 3.50. The molecule has 2 aromatic rings. The lowest BCUT2D eigenvalue weighted by Gasteiger charge is -2.36. The first-order valence-corrected chi connectivity index (χ1v) is 8.00. The molecule has 0 radical (unpaired) electrons. The number of fused-ring (bicyclic) bond motifs is 1. The first-order valence-electron chi connectivity index (χ1n) is 8.00. The van der Waals surface area contributed by atoms with Gasteiger partial charge in [0, 0.05) is 37.0 Å². The zero-order valence-corrected chi connectivity index (χ0v) is 12.2. The van der Waals surface area contributed by atoms with E-state index in [0.717, 1.165) is 30.8 Å². The maximum atomic E-state index is 5.46. The molecule has 110 valence electrons. The van der Waals surface area contributed by atoms with Gasteiger partial charge in [-0.2, -0.15) is 0 Å². The minimum Gasteiger partial charge on any atom is -0.361 e. The second kappa shape index (κ2) is 5.60. The van der Waals surface area contributed by atoms with E-state index in [-0.39, 0.29) is 0 Å².